The number of anilines is 1. The minimum Gasteiger partial charge on any atom is -0.301 e. The fourth-order valence-electron chi connectivity index (χ4n) is 1.35. The van der Waals surface area contributed by atoms with Gasteiger partial charge in [0.15, 0.2) is 0 Å². The molecular weight excluding hydrogens is 162 g/mol. The van der Waals surface area contributed by atoms with Crippen molar-refractivity contribution in [2.45, 2.75) is 0 Å². The van der Waals surface area contributed by atoms with E-state index in [4.69, 9.17) is 0 Å². The first-order valence-corrected chi connectivity index (χ1v) is 4.34. The lowest BCUT2D eigenvalue weighted by atomic mass is 10.3. The molecule has 1 aliphatic heterocycles. The fraction of sp³-hybridized carbons (Fsp3) is 0.200. The largest absolute Gasteiger partial charge is 0.301 e. The quantitative estimate of drug-likeness (QED) is 0.695. The topological polar surface area (TPSA) is 18.5 Å². The number of nitrogens with zero attached hydrogens (tertiary/aromatic N) is 2. The van der Waals surface area contributed by atoms with Crippen LogP contribution in [-0.4, -0.2) is 18.6 Å². The molecule has 3 nitrogen and oxygen atoms in total. The zero-order valence-electron chi connectivity index (χ0n) is 7.64. The molecule has 13 heavy (non-hydrogen) atoms. The molecular formula is C10H13N3. The Morgan fingerprint density at radius 3 is 2.69 bits per heavy atom. The zero-order valence-corrected chi connectivity index (χ0v) is 7.64. The number of nitrogens with one attached hydrogen (secondary N) is 1. The molecule has 3 heteroatoms. The lowest BCUT2D eigenvalue weighted by molar-refractivity contribution is 0.302. The second kappa shape index (κ2) is 3.49. The summed E-state index contributed by atoms with van der Waals surface area (Å²) in [4.78, 5) is 0. The van der Waals surface area contributed by atoms with Gasteiger partial charge in [0.25, 0.3) is 0 Å². The molecule has 1 aromatic carbocycles. The molecule has 0 radical (unpaired) electrons. The summed E-state index contributed by atoms with van der Waals surface area (Å²) in [5.74, 6) is 0. The van der Waals surface area contributed by atoms with E-state index < -0.39 is 0 Å². The molecule has 0 atom stereocenters. The fourth-order valence-corrected chi connectivity index (χ4v) is 1.35. The van der Waals surface area contributed by atoms with Gasteiger partial charge in [-0.05, 0) is 18.2 Å². The van der Waals surface area contributed by atoms with Crippen LogP contribution in [-0.2, 0) is 0 Å². The highest BCUT2D eigenvalue weighted by Crippen LogP contribution is 2.12. The number of hydrogen-bond acceptors (Lipinski definition) is 3. The van der Waals surface area contributed by atoms with Gasteiger partial charge < -0.3 is 5.01 Å². The molecule has 1 aromatic rings. The standard InChI is InChI=1S/C10H13N3/c1-12-8-5-9-13(11-12)10-6-3-2-4-7-10/h2-8,11H,9H2,1H3. The molecule has 0 spiro atoms. The molecule has 1 N–H and O–H groups in total. The minimum atomic E-state index is 0.897. The third-order valence-electron chi connectivity index (χ3n) is 1.96. The monoisotopic (exact) mass is 175 g/mol. The Labute approximate surface area is 78.2 Å². The predicted molar refractivity (Wildman–Crippen MR) is 53.8 cm³/mol. The normalized spacial score (nSPS) is 16.4. The molecule has 0 fully saturated rings. The highest BCUT2D eigenvalue weighted by atomic mass is 15.7. The van der Waals surface area contributed by atoms with Crippen LogP contribution in [0.1, 0.15) is 0 Å². The molecule has 0 aromatic heterocycles. The molecule has 0 unspecified atom stereocenters. The minimum absolute atomic E-state index is 0.897. The van der Waals surface area contributed by atoms with Gasteiger partial charge in [-0.3, -0.25) is 5.01 Å². The van der Waals surface area contributed by atoms with Gasteiger partial charge in [-0.25, -0.2) is 0 Å². The first-order valence-electron chi connectivity index (χ1n) is 4.34. The zero-order chi connectivity index (χ0) is 9.10. The summed E-state index contributed by atoms with van der Waals surface area (Å²) in [6.45, 7) is 0.897. The van der Waals surface area contributed by atoms with Gasteiger partial charge in [-0.15, -0.1) is 5.53 Å². The van der Waals surface area contributed by atoms with Crippen LogP contribution in [0.2, 0.25) is 0 Å². The van der Waals surface area contributed by atoms with Gasteiger partial charge in [0.2, 0.25) is 0 Å². The van der Waals surface area contributed by atoms with Gasteiger partial charge in [0.05, 0.1) is 12.2 Å². The second-order valence-corrected chi connectivity index (χ2v) is 3.04. The molecule has 0 aliphatic carbocycles. The van der Waals surface area contributed by atoms with Crippen molar-refractivity contribution in [3.63, 3.8) is 0 Å². The van der Waals surface area contributed by atoms with E-state index in [1.54, 1.807) is 0 Å². The average Bonchev–Trinajstić information content (AvgIpc) is 2.19. The van der Waals surface area contributed by atoms with Crippen LogP contribution in [0.4, 0.5) is 5.69 Å². The summed E-state index contributed by atoms with van der Waals surface area (Å²) in [6, 6.07) is 10.3. The summed E-state index contributed by atoms with van der Waals surface area (Å²) in [5.41, 5.74) is 4.39. The highest BCUT2D eigenvalue weighted by molar-refractivity contribution is 5.45. The first kappa shape index (κ1) is 8.13. The van der Waals surface area contributed by atoms with Crippen LogP contribution in [0.5, 0.6) is 0 Å². The molecule has 0 amide bonds. The van der Waals surface area contributed by atoms with Crippen LogP contribution < -0.4 is 10.5 Å². The third-order valence-corrected chi connectivity index (χ3v) is 1.96. The Morgan fingerprint density at radius 1 is 1.23 bits per heavy atom. The summed E-state index contributed by atoms with van der Waals surface area (Å²) in [6.07, 6.45) is 4.13. The molecule has 1 heterocycles. The van der Waals surface area contributed by atoms with Crippen LogP contribution in [0.15, 0.2) is 42.6 Å². The lowest BCUT2D eigenvalue weighted by Crippen LogP contribution is -2.48. The van der Waals surface area contributed by atoms with Gasteiger partial charge in [-0.2, -0.15) is 0 Å². The highest BCUT2D eigenvalue weighted by Gasteiger charge is 2.07. The molecule has 0 saturated carbocycles. The maximum Gasteiger partial charge on any atom is 0.0560 e. The summed E-state index contributed by atoms with van der Waals surface area (Å²) < 4.78 is 0. The van der Waals surface area contributed by atoms with Gasteiger partial charge >= 0.3 is 0 Å². The number of hydrogen-bond donors (Lipinski definition) is 1. The van der Waals surface area contributed by atoms with E-state index in [1.165, 1.54) is 5.69 Å². The van der Waals surface area contributed by atoms with Crippen LogP contribution in [0, 0.1) is 0 Å². The number of rotatable bonds is 1. The molecule has 68 valence electrons. The van der Waals surface area contributed by atoms with Gasteiger partial charge in [-0.1, -0.05) is 18.2 Å². The smallest absolute Gasteiger partial charge is 0.0560 e. The Morgan fingerprint density at radius 2 is 2.00 bits per heavy atom. The molecule has 1 aliphatic rings. The van der Waals surface area contributed by atoms with E-state index in [0.717, 1.165) is 6.54 Å². The summed E-state index contributed by atoms with van der Waals surface area (Å²) in [5, 5.41) is 4.01. The van der Waals surface area contributed by atoms with Crippen molar-refractivity contribution in [1.82, 2.24) is 10.5 Å². The van der Waals surface area contributed by atoms with E-state index in [1.807, 2.05) is 36.5 Å². The second-order valence-electron chi connectivity index (χ2n) is 3.04. The SMILES string of the molecule is CN1C=CCN(c2ccccc2)N1. The van der Waals surface area contributed by atoms with E-state index in [2.05, 4.69) is 28.8 Å². The number of benzene rings is 1. The Hall–Kier alpha value is -1.48. The maximum atomic E-state index is 3.21. The summed E-state index contributed by atoms with van der Waals surface area (Å²) >= 11 is 0. The maximum absolute atomic E-state index is 3.21. The van der Waals surface area contributed by atoms with E-state index >= 15 is 0 Å². The van der Waals surface area contributed by atoms with Gasteiger partial charge in [0, 0.05) is 13.2 Å². The van der Waals surface area contributed by atoms with Crippen molar-refractivity contribution in [2.75, 3.05) is 18.6 Å². The molecule has 2 rings (SSSR count). The molecule has 0 saturated heterocycles. The van der Waals surface area contributed by atoms with Crippen molar-refractivity contribution in [3.05, 3.63) is 42.6 Å². The predicted octanol–water partition coefficient (Wildman–Crippen LogP) is 1.37. The van der Waals surface area contributed by atoms with Crippen LogP contribution >= 0.6 is 0 Å². The lowest BCUT2D eigenvalue weighted by Gasteiger charge is -2.32. The van der Waals surface area contributed by atoms with Crippen molar-refractivity contribution < 1.29 is 0 Å². The molecule has 0 bridgehead atoms. The Bertz CT molecular complexity index is 294. The van der Waals surface area contributed by atoms with Crippen molar-refractivity contribution in [1.29, 1.82) is 0 Å². The Kier molecular flexibility index (Phi) is 2.19. The first-order chi connectivity index (χ1) is 6.36. The third kappa shape index (κ3) is 1.81. The van der Waals surface area contributed by atoms with Crippen molar-refractivity contribution in [2.24, 2.45) is 0 Å². The van der Waals surface area contributed by atoms with E-state index in [-0.39, 0.29) is 0 Å². The summed E-state index contributed by atoms with van der Waals surface area (Å²) in [7, 11) is 1.98. The van der Waals surface area contributed by atoms with Gasteiger partial charge in [0.1, 0.15) is 0 Å². The van der Waals surface area contributed by atoms with Crippen molar-refractivity contribution in [3.8, 4) is 0 Å². The number of para-hydroxylation sites is 1. The Balaban J connectivity index is 2.15. The number of hydrazine groups is 2. The van der Waals surface area contributed by atoms with Crippen LogP contribution in [0.3, 0.4) is 0 Å². The van der Waals surface area contributed by atoms with Crippen molar-refractivity contribution >= 4 is 5.69 Å². The average molecular weight is 175 g/mol. The van der Waals surface area contributed by atoms with E-state index in [0.29, 0.717) is 0 Å². The van der Waals surface area contributed by atoms with Crippen LogP contribution in [0.25, 0.3) is 0 Å². The van der Waals surface area contributed by atoms with E-state index in [9.17, 15) is 0 Å².